The molecule has 11 heavy (non-hydrogen) atoms. The summed E-state index contributed by atoms with van der Waals surface area (Å²) in [5, 5.41) is 8.77. The Morgan fingerprint density at radius 3 is 2.82 bits per heavy atom. The maximum Gasteiger partial charge on any atom is 0.0884 e. The molecule has 1 unspecified atom stereocenters. The second-order valence-corrected chi connectivity index (χ2v) is 3.31. The molecule has 0 bridgehead atoms. The van der Waals surface area contributed by atoms with Gasteiger partial charge >= 0.3 is 0 Å². The van der Waals surface area contributed by atoms with Gasteiger partial charge in [-0.25, -0.2) is 0 Å². The van der Waals surface area contributed by atoms with Crippen LogP contribution in [0.4, 0.5) is 0 Å². The predicted molar refractivity (Wildman–Crippen MR) is 41.5 cm³/mol. The lowest BCUT2D eigenvalue weighted by Gasteiger charge is -2.35. The molecule has 0 aliphatic carbocycles. The Bertz CT molecular complexity index is 117. The van der Waals surface area contributed by atoms with E-state index in [0.717, 1.165) is 12.8 Å². The molecule has 0 amide bonds. The minimum atomic E-state index is -0.133. The lowest BCUT2D eigenvalue weighted by atomic mass is 9.96. The quantitative estimate of drug-likeness (QED) is 0.641. The Kier molecular flexibility index (Phi) is 2.87. The Morgan fingerprint density at radius 2 is 2.45 bits per heavy atom. The summed E-state index contributed by atoms with van der Waals surface area (Å²) in [6, 6.07) is 0. The Balaban J connectivity index is 2.35. The smallest absolute Gasteiger partial charge is 0.0884 e. The Hall–Kier alpha value is -0.120. The summed E-state index contributed by atoms with van der Waals surface area (Å²) in [6.45, 7) is 2.75. The van der Waals surface area contributed by atoms with Crippen LogP contribution >= 0.6 is 0 Å². The van der Waals surface area contributed by atoms with Crippen LogP contribution in [0, 0.1) is 0 Å². The van der Waals surface area contributed by atoms with E-state index in [-0.39, 0.29) is 18.3 Å². The lowest BCUT2D eigenvalue weighted by Crippen LogP contribution is -2.41. The molecule has 66 valence electrons. The molecule has 3 nitrogen and oxygen atoms in total. The number of methoxy groups -OCH3 is 1. The molecule has 1 saturated heterocycles. The van der Waals surface area contributed by atoms with Gasteiger partial charge in [0.25, 0.3) is 0 Å². The highest BCUT2D eigenvalue weighted by Crippen LogP contribution is 2.24. The fraction of sp³-hybridized carbons (Fsp3) is 1.00. The normalized spacial score (nSPS) is 39.0. The van der Waals surface area contributed by atoms with Gasteiger partial charge in [0.15, 0.2) is 0 Å². The summed E-state index contributed by atoms with van der Waals surface area (Å²) >= 11 is 0. The highest BCUT2D eigenvalue weighted by molar-refractivity contribution is 4.80. The van der Waals surface area contributed by atoms with Gasteiger partial charge < -0.3 is 14.6 Å². The number of hydrogen-bond acceptors (Lipinski definition) is 3. The molecule has 1 N–H and O–H groups in total. The monoisotopic (exact) mass is 160 g/mol. The molecule has 0 saturated carbocycles. The highest BCUT2D eigenvalue weighted by atomic mass is 16.5. The minimum absolute atomic E-state index is 0.0261. The van der Waals surface area contributed by atoms with E-state index in [9.17, 15) is 0 Å². The van der Waals surface area contributed by atoms with Gasteiger partial charge in [0.1, 0.15) is 0 Å². The van der Waals surface area contributed by atoms with Gasteiger partial charge in [-0.3, -0.25) is 0 Å². The van der Waals surface area contributed by atoms with Crippen molar-refractivity contribution in [1.29, 1.82) is 0 Å². The van der Waals surface area contributed by atoms with Crippen LogP contribution in [0.3, 0.4) is 0 Å². The first-order valence-corrected chi connectivity index (χ1v) is 3.98. The van der Waals surface area contributed by atoms with E-state index in [1.54, 1.807) is 7.11 Å². The maximum absolute atomic E-state index is 8.77. The standard InChI is InChI=1S/C8H16O3/c1-8(10-2)4-3-7(5-9)11-6-8/h7,9H,3-6H2,1-2H3/t7?,8-/m0/s1. The van der Waals surface area contributed by atoms with Gasteiger partial charge in [-0.1, -0.05) is 0 Å². The third-order valence-electron chi connectivity index (χ3n) is 2.32. The van der Waals surface area contributed by atoms with Crippen LogP contribution in [0.15, 0.2) is 0 Å². The molecule has 1 heterocycles. The van der Waals surface area contributed by atoms with E-state index >= 15 is 0 Å². The van der Waals surface area contributed by atoms with Crippen LogP contribution in [-0.4, -0.2) is 37.1 Å². The van der Waals surface area contributed by atoms with Crippen molar-refractivity contribution in [2.45, 2.75) is 31.5 Å². The first kappa shape index (κ1) is 8.97. The summed E-state index contributed by atoms with van der Waals surface area (Å²) in [5.41, 5.74) is -0.133. The van der Waals surface area contributed by atoms with Gasteiger partial charge in [-0.05, 0) is 19.8 Å². The third-order valence-corrected chi connectivity index (χ3v) is 2.32. The van der Waals surface area contributed by atoms with Crippen molar-refractivity contribution in [2.24, 2.45) is 0 Å². The van der Waals surface area contributed by atoms with E-state index in [1.165, 1.54) is 0 Å². The van der Waals surface area contributed by atoms with E-state index < -0.39 is 0 Å². The molecule has 3 heteroatoms. The van der Waals surface area contributed by atoms with Crippen molar-refractivity contribution in [3.63, 3.8) is 0 Å². The average molecular weight is 160 g/mol. The van der Waals surface area contributed by atoms with E-state index in [0.29, 0.717) is 6.61 Å². The van der Waals surface area contributed by atoms with Crippen molar-refractivity contribution in [3.8, 4) is 0 Å². The Labute approximate surface area is 67.3 Å². The summed E-state index contributed by atoms with van der Waals surface area (Å²) in [6.07, 6.45) is 1.88. The van der Waals surface area contributed by atoms with E-state index in [4.69, 9.17) is 14.6 Å². The molecule has 1 rings (SSSR count). The molecule has 0 aromatic carbocycles. The zero-order valence-corrected chi connectivity index (χ0v) is 7.17. The second kappa shape index (κ2) is 3.52. The minimum Gasteiger partial charge on any atom is -0.394 e. The van der Waals surface area contributed by atoms with Crippen LogP contribution < -0.4 is 0 Å². The number of aliphatic hydroxyl groups is 1. The first-order valence-electron chi connectivity index (χ1n) is 3.98. The lowest BCUT2D eigenvalue weighted by molar-refractivity contribution is -0.136. The van der Waals surface area contributed by atoms with Crippen LogP contribution in [0.5, 0.6) is 0 Å². The predicted octanol–water partition coefficient (Wildman–Crippen LogP) is 0.563. The molecule has 1 aliphatic rings. The summed E-state index contributed by atoms with van der Waals surface area (Å²) in [5.74, 6) is 0. The molecule has 0 spiro atoms. The third kappa shape index (κ3) is 2.15. The summed E-state index contributed by atoms with van der Waals surface area (Å²) in [4.78, 5) is 0. The average Bonchev–Trinajstić information content (AvgIpc) is 2.06. The molecular weight excluding hydrogens is 144 g/mol. The van der Waals surface area contributed by atoms with Gasteiger partial charge in [0, 0.05) is 7.11 Å². The van der Waals surface area contributed by atoms with Crippen LogP contribution in [0.2, 0.25) is 0 Å². The van der Waals surface area contributed by atoms with Crippen LogP contribution in [0.25, 0.3) is 0 Å². The highest BCUT2D eigenvalue weighted by Gasteiger charge is 2.31. The number of aliphatic hydroxyl groups excluding tert-OH is 1. The molecule has 0 radical (unpaired) electrons. The first-order chi connectivity index (χ1) is 5.20. The van der Waals surface area contributed by atoms with Crippen LogP contribution in [-0.2, 0) is 9.47 Å². The number of hydrogen-bond donors (Lipinski definition) is 1. The van der Waals surface area contributed by atoms with Crippen molar-refractivity contribution < 1.29 is 14.6 Å². The molecule has 1 fully saturated rings. The second-order valence-electron chi connectivity index (χ2n) is 3.31. The fourth-order valence-corrected chi connectivity index (χ4v) is 1.22. The van der Waals surface area contributed by atoms with E-state index in [1.807, 2.05) is 6.92 Å². The molecule has 2 atom stereocenters. The molecular formula is C8H16O3. The van der Waals surface area contributed by atoms with Crippen molar-refractivity contribution in [2.75, 3.05) is 20.3 Å². The summed E-state index contributed by atoms with van der Waals surface area (Å²) in [7, 11) is 1.70. The van der Waals surface area contributed by atoms with Gasteiger partial charge in [-0.2, -0.15) is 0 Å². The number of ether oxygens (including phenoxy) is 2. The summed E-state index contributed by atoms with van der Waals surface area (Å²) < 4.78 is 10.6. The van der Waals surface area contributed by atoms with Crippen molar-refractivity contribution in [3.05, 3.63) is 0 Å². The van der Waals surface area contributed by atoms with Crippen molar-refractivity contribution >= 4 is 0 Å². The maximum atomic E-state index is 8.77. The Morgan fingerprint density at radius 1 is 1.73 bits per heavy atom. The number of rotatable bonds is 2. The van der Waals surface area contributed by atoms with E-state index in [2.05, 4.69) is 0 Å². The molecule has 1 aliphatic heterocycles. The van der Waals surface area contributed by atoms with Gasteiger partial charge in [0.05, 0.1) is 24.9 Å². The zero-order chi connectivity index (χ0) is 8.32. The van der Waals surface area contributed by atoms with Crippen molar-refractivity contribution in [1.82, 2.24) is 0 Å². The molecule has 0 aromatic heterocycles. The van der Waals surface area contributed by atoms with Gasteiger partial charge in [-0.15, -0.1) is 0 Å². The topological polar surface area (TPSA) is 38.7 Å². The largest absolute Gasteiger partial charge is 0.394 e. The van der Waals surface area contributed by atoms with Gasteiger partial charge in [0.2, 0.25) is 0 Å². The van der Waals surface area contributed by atoms with Crippen LogP contribution in [0.1, 0.15) is 19.8 Å². The zero-order valence-electron chi connectivity index (χ0n) is 7.17. The SMILES string of the molecule is CO[C@@]1(C)CCC(CO)OC1. The fourth-order valence-electron chi connectivity index (χ4n) is 1.22. The molecule has 0 aromatic rings.